The first-order valence-electron chi connectivity index (χ1n) is 6.38. The number of sulfone groups is 1. The van der Waals surface area contributed by atoms with Gasteiger partial charge in [0.25, 0.3) is 0 Å². The van der Waals surface area contributed by atoms with Crippen LogP contribution in [0.25, 0.3) is 0 Å². The van der Waals surface area contributed by atoms with E-state index >= 15 is 0 Å². The van der Waals surface area contributed by atoms with Crippen molar-refractivity contribution < 1.29 is 8.42 Å². The molecular weight excluding hydrogens is 288 g/mol. The molecule has 16 heavy (non-hydrogen) atoms. The summed E-state index contributed by atoms with van der Waals surface area (Å²) < 4.78 is 23.3. The van der Waals surface area contributed by atoms with E-state index < -0.39 is 9.84 Å². The third-order valence-electron chi connectivity index (χ3n) is 3.32. The lowest BCUT2D eigenvalue weighted by Crippen LogP contribution is -2.15. The normalized spacial score (nSPS) is 27.6. The van der Waals surface area contributed by atoms with Crippen molar-refractivity contribution >= 4 is 25.8 Å². The molecule has 0 bridgehead atoms. The summed E-state index contributed by atoms with van der Waals surface area (Å²) in [6.07, 6.45) is 7.77. The van der Waals surface area contributed by atoms with Gasteiger partial charge in [-0.05, 0) is 31.6 Å². The number of halogens is 1. The number of alkyl halides is 1. The fraction of sp³-hybridized carbons (Fsp3) is 1.00. The van der Waals surface area contributed by atoms with Crippen LogP contribution in [0.3, 0.4) is 0 Å². The molecule has 1 aliphatic carbocycles. The Kier molecular flexibility index (Phi) is 6.34. The summed E-state index contributed by atoms with van der Waals surface area (Å²) in [6, 6.07) is 0. The van der Waals surface area contributed by atoms with Crippen molar-refractivity contribution in [3.8, 4) is 0 Å². The highest BCUT2D eigenvalue weighted by Gasteiger charge is 2.20. The highest BCUT2D eigenvalue weighted by Crippen LogP contribution is 2.30. The minimum absolute atomic E-state index is 0.359. The van der Waals surface area contributed by atoms with Crippen molar-refractivity contribution in [3.05, 3.63) is 0 Å². The summed E-state index contributed by atoms with van der Waals surface area (Å²) in [4.78, 5) is 0.605. The highest BCUT2D eigenvalue weighted by atomic mass is 79.9. The molecule has 96 valence electrons. The summed E-state index contributed by atoms with van der Waals surface area (Å²) in [7, 11) is -2.78. The van der Waals surface area contributed by atoms with Crippen LogP contribution in [0.1, 0.15) is 51.9 Å². The second-order valence-corrected chi connectivity index (χ2v) is 8.52. The maximum absolute atomic E-state index is 11.6. The van der Waals surface area contributed by atoms with Gasteiger partial charge in [-0.1, -0.05) is 42.1 Å². The van der Waals surface area contributed by atoms with Crippen molar-refractivity contribution in [2.75, 3.05) is 11.5 Å². The summed E-state index contributed by atoms with van der Waals surface area (Å²) in [6.45, 7) is 1.93. The van der Waals surface area contributed by atoms with Gasteiger partial charge in [0.05, 0.1) is 5.75 Å². The molecule has 2 unspecified atom stereocenters. The largest absolute Gasteiger partial charge is 0.229 e. The van der Waals surface area contributed by atoms with Crippen LogP contribution >= 0.6 is 15.9 Å². The van der Waals surface area contributed by atoms with Crippen LogP contribution in [-0.2, 0) is 9.84 Å². The van der Waals surface area contributed by atoms with Crippen molar-refractivity contribution in [2.24, 2.45) is 5.92 Å². The van der Waals surface area contributed by atoms with E-state index in [1.807, 2.05) is 6.92 Å². The first kappa shape index (κ1) is 14.5. The van der Waals surface area contributed by atoms with Gasteiger partial charge in [0.2, 0.25) is 0 Å². The molecule has 0 N–H and O–H groups in total. The van der Waals surface area contributed by atoms with Crippen molar-refractivity contribution in [1.82, 2.24) is 0 Å². The van der Waals surface area contributed by atoms with Crippen LogP contribution in [0, 0.1) is 5.92 Å². The Labute approximate surface area is 108 Å². The molecule has 0 amide bonds. The van der Waals surface area contributed by atoms with Gasteiger partial charge < -0.3 is 0 Å². The van der Waals surface area contributed by atoms with Gasteiger partial charge >= 0.3 is 0 Å². The molecule has 1 aliphatic rings. The van der Waals surface area contributed by atoms with Gasteiger partial charge in [-0.15, -0.1) is 0 Å². The van der Waals surface area contributed by atoms with Crippen molar-refractivity contribution in [3.63, 3.8) is 0 Å². The first-order chi connectivity index (χ1) is 7.53. The third kappa shape index (κ3) is 5.67. The van der Waals surface area contributed by atoms with E-state index in [9.17, 15) is 8.42 Å². The van der Waals surface area contributed by atoms with Gasteiger partial charge in [-0.3, -0.25) is 0 Å². The second kappa shape index (κ2) is 7.00. The van der Waals surface area contributed by atoms with Crippen LogP contribution in [0.2, 0.25) is 0 Å². The Bertz CT molecular complexity index is 287. The molecule has 0 radical (unpaired) electrons. The smallest absolute Gasteiger partial charge is 0.150 e. The van der Waals surface area contributed by atoms with Crippen LogP contribution in [0.4, 0.5) is 0 Å². The Morgan fingerprint density at radius 2 is 1.88 bits per heavy atom. The van der Waals surface area contributed by atoms with Crippen LogP contribution in [0.15, 0.2) is 0 Å². The molecule has 1 saturated carbocycles. The number of rotatable bonds is 5. The van der Waals surface area contributed by atoms with E-state index in [0.29, 0.717) is 22.3 Å². The van der Waals surface area contributed by atoms with Crippen LogP contribution in [-0.4, -0.2) is 24.8 Å². The molecule has 0 aliphatic heterocycles. The quantitative estimate of drug-likeness (QED) is 0.575. The van der Waals surface area contributed by atoms with Crippen molar-refractivity contribution in [2.45, 2.75) is 56.7 Å². The van der Waals surface area contributed by atoms with Gasteiger partial charge in [0.15, 0.2) is 0 Å². The lowest BCUT2D eigenvalue weighted by Gasteiger charge is -2.15. The maximum Gasteiger partial charge on any atom is 0.150 e. The van der Waals surface area contributed by atoms with E-state index in [4.69, 9.17) is 0 Å². The average molecular weight is 311 g/mol. The standard InChI is InChI=1S/C12H23BrO2S/c1-2-8-16(14,15)9-7-11-5-3-4-6-12(13)10-11/h11-12H,2-10H2,1H3. The zero-order valence-corrected chi connectivity index (χ0v) is 12.5. The SMILES string of the molecule is CCCS(=O)(=O)CCC1CCCCC(Br)C1. The molecular formula is C12H23BrO2S. The van der Waals surface area contributed by atoms with E-state index in [2.05, 4.69) is 15.9 Å². The molecule has 0 aromatic heterocycles. The van der Waals surface area contributed by atoms with Crippen LogP contribution < -0.4 is 0 Å². The number of hydrogen-bond acceptors (Lipinski definition) is 2. The van der Waals surface area contributed by atoms with Gasteiger partial charge in [-0.2, -0.15) is 0 Å². The predicted octanol–water partition coefficient (Wildman–Crippen LogP) is 3.55. The van der Waals surface area contributed by atoms with Gasteiger partial charge in [0, 0.05) is 10.6 Å². The van der Waals surface area contributed by atoms with E-state index in [-0.39, 0.29) is 0 Å². The predicted molar refractivity (Wildman–Crippen MR) is 72.9 cm³/mol. The summed E-state index contributed by atoms with van der Waals surface area (Å²) >= 11 is 3.68. The monoisotopic (exact) mass is 310 g/mol. The van der Waals surface area contributed by atoms with Gasteiger partial charge in [0.1, 0.15) is 9.84 Å². The number of hydrogen-bond donors (Lipinski definition) is 0. The van der Waals surface area contributed by atoms with E-state index in [1.165, 1.54) is 25.7 Å². The zero-order valence-electron chi connectivity index (χ0n) is 10.1. The maximum atomic E-state index is 11.6. The highest BCUT2D eigenvalue weighted by molar-refractivity contribution is 9.09. The van der Waals surface area contributed by atoms with Gasteiger partial charge in [-0.25, -0.2) is 8.42 Å². The molecule has 1 rings (SSSR count). The topological polar surface area (TPSA) is 34.1 Å². The molecule has 1 fully saturated rings. The third-order valence-corrected chi connectivity index (χ3v) is 6.04. The van der Waals surface area contributed by atoms with E-state index in [0.717, 1.165) is 19.3 Å². The Balaban J connectivity index is 2.36. The summed E-state index contributed by atoms with van der Waals surface area (Å²) in [5.41, 5.74) is 0. The van der Waals surface area contributed by atoms with Crippen LogP contribution in [0.5, 0.6) is 0 Å². The molecule has 0 aromatic rings. The van der Waals surface area contributed by atoms with E-state index in [1.54, 1.807) is 0 Å². The summed E-state index contributed by atoms with van der Waals surface area (Å²) in [5, 5.41) is 0. The lowest BCUT2D eigenvalue weighted by atomic mass is 9.98. The minimum Gasteiger partial charge on any atom is -0.229 e. The average Bonchev–Trinajstić information content (AvgIpc) is 2.40. The Morgan fingerprint density at radius 3 is 2.56 bits per heavy atom. The summed E-state index contributed by atoms with van der Waals surface area (Å²) in [5.74, 6) is 1.36. The second-order valence-electron chi connectivity index (χ2n) is 4.92. The minimum atomic E-state index is -2.78. The Hall–Kier alpha value is 0.430. The lowest BCUT2D eigenvalue weighted by molar-refractivity contribution is 0.450. The molecule has 0 aromatic carbocycles. The zero-order chi connectivity index (χ0) is 12.0. The first-order valence-corrected chi connectivity index (χ1v) is 9.11. The molecule has 0 saturated heterocycles. The molecule has 0 heterocycles. The Morgan fingerprint density at radius 1 is 1.19 bits per heavy atom. The molecule has 0 spiro atoms. The molecule has 4 heteroatoms. The fourth-order valence-corrected chi connectivity index (χ4v) is 4.79. The molecule has 2 nitrogen and oxygen atoms in total. The molecule has 2 atom stereocenters. The fourth-order valence-electron chi connectivity index (χ4n) is 2.42. The van der Waals surface area contributed by atoms with Crippen molar-refractivity contribution in [1.29, 1.82) is 0 Å².